The van der Waals surface area contributed by atoms with E-state index in [1.54, 1.807) is 7.11 Å². The van der Waals surface area contributed by atoms with Gasteiger partial charge in [0.2, 0.25) is 0 Å². The van der Waals surface area contributed by atoms with Crippen LogP contribution in [0.25, 0.3) is 0 Å². The van der Waals surface area contributed by atoms with Crippen LogP contribution in [-0.4, -0.2) is 32.9 Å². The number of nitrogens with one attached hydrogen (secondary N) is 1. The van der Waals surface area contributed by atoms with Gasteiger partial charge in [-0.15, -0.1) is 0 Å². The molecule has 0 atom stereocenters. The highest BCUT2D eigenvalue weighted by atomic mass is 35.5. The van der Waals surface area contributed by atoms with Crippen molar-refractivity contribution in [2.45, 2.75) is 24.3 Å². The van der Waals surface area contributed by atoms with E-state index in [1.165, 1.54) is 18.4 Å². The number of benzene rings is 1. The van der Waals surface area contributed by atoms with Gasteiger partial charge in [0.25, 0.3) is 0 Å². The topological polar surface area (TPSA) is 30.5 Å². The fourth-order valence-corrected chi connectivity index (χ4v) is 2.75. The van der Waals surface area contributed by atoms with E-state index in [2.05, 4.69) is 11.4 Å². The number of rotatable bonds is 5. The van der Waals surface area contributed by atoms with Gasteiger partial charge < -0.3 is 14.8 Å². The molecule has 1 N–H and O–H groups in total. The van der Waals surface area contributed by atoms with E-state index in [0.717, 1.165) is 30.5 Å². The standard InChI is InChI=1S/C14H18ClNO2/c1-17-11-4-5-12(13(15)6-11)14(8-18-9-14)7-16-10-2-3-10/h4-6,10,16H,2-3,7-9H2,1H3. The first-order valence-corrected chi connectivity index (χ1v) is 6.76. The van der Waals surface area contributed by atoms with Gasteiger partial charge in [-0.05, 0) is 30.5 Å². The molecule has 3 nitrogen and oxygen atoms in total. The summed E-state index contributed by atoms with van der Waals surface area (Å²) in [6.07, 6.45) is 2.60. The summed E-state index contributed by atoms with van der Waals surface area (Å²) in [6, 6.07) is 6.63. The maximum atomic E-state index is 6.37. The summed E-state index contributed by atoms with van der Waals surface area (Å²) >= 11 is 6.37. The summed E-state index contributed by atoms with van der Waals surface area (Å²) < 4.78 is 10.6. The van der Waals surface area contributed by atoms with E-state index >= 15 is 0 Å². The highest BCUT2D eigenvalue weighted by molar-refractivity contribution is 6.31. The Morgan fingerprint density at radius 3 is 2.72 bits per heavy atom. The molecule has 0 amide bonds. The minimum absolute atomic E-state index is 0.0476. The minimum Gasteiger partial charge on any atom is -0.497 e. The van der Waals surface area contributed by atoms with Crippen molar-refractivity contribution in [3.05, 3.63) is 28.8 Å². The first kappa shape index (κ1) is 12.3. The van der Waals surface area contributed by atoms with Crippen LogP contribution in [0.3, 0.4) is 0 Å². The fraction of sp³-hybridized carbons (Fsp3) is 0.571. The summed E-state index contributed by atoms with van der Waals surface area (Å²) in [4.78, 5) is 0. The predicted octanol–water partition coefficient (Wildman–Crippen LogP) is 2.37. The van der Waals surface area contributed by atoms with E-state index in [9.17, 15) is 0 Å². The molecule has 2 aliphatic rings. The Hall–Kier alpha value is -0.770. The Bertz CT molecular complexity index is 441. The summed E-state index contributed by atoms with van der Waals surface area (Å²) in [5, 5.41) is 4.36. The van der Waals surface area contributed by atoms with Crippen LogP contribution in [0.4, 0.5) is 0 Å². The molecule has 0 unspecified atom stereocenters. The van der Waals surface area contributed by atoms with Gasteiger partial charge in [-0.3, -0.25) is 0 Å². The summed E-state index contributed by atoms with van der Waals surface area (Å²) in [7, 11) is 1.65. The monoisotopic (exact) mass is 267 g/mol. The first-order valence-electron chi connectivity index (χ1n) is 6.39. The smallest absolute Gasteiger partial charge is 0.120 e. The average molecular weight is 268 g/mol. The molecule has 1 aliphatic carbocycles. The molecule has 0 spiro atoms. The third kappa shape index (κ3) is 2.22. The average Bonchev–Trinajstić information content (AvgIpc) is 3.13. The van der Waals surface area contributed by atoms with Crippen molar-refractivity contribution in [1.29, 1.82) is 0 Å². The van der Waals surface area contributed by atoms with Crippen molar-refractivity contribution in [2.75, 3.05) is 26.9 Å². The SMILES string of the molecule is COc1ccc(C2(CNC3CC3)COC2)c(Cl)c1. The zero-order valence-corrected chi connectivity index (χ0v) is 11.3. The second kappa shape index (κ2) is 4.72. The Morgan fingerprint density at radius 1 is 1.44 bits per heavy atom. The van der Waals surface area contributed by atoms with Gasteiger partial charge in [0, 0.05) is 17.6 Å². The van der Waals surface area contributed by atoms with Crippen molar-refractivity contribution < 1.29 is 9.47 Å². The van der Waals surface area contributed by atoms with E-state index < -0.39 is 0 Å². The molecule has 1 saturated carbocycles. The van der Waals surface area contributed by atoms with Crippen LogP contribution >= 0.6 is 11.6 Å². The number of ether oxygens (including phenoxy) is 2. The minimum atomic E-state index is 0.0476. The largest absolute Gasteiger partial charge is 0.497 e. The number of hydrogen-bond donors (Lipinski definition) is 1. The van der Waals surface area contributed by atoms with Gasteiger partial charge in [-0.1, -0.05) is 17.7 Å². The maximum absolute atomic E-state index is 6.37. The molecule has 1 aliphatic heterocycles. The molecule has 2 fully saturated rings. The van der Waals surface area contributed by atoms with Gasteiger partial charge in [-0.2, -0.15) is 0 Å². The molecular formula is C14H18ClNO2. The van der Waals surface area contributed by atoms with Crippen molar-refractivity contribution in [2.24, 2.45) is 0 Å². The fourth-order valence-electron chi connectivity index (χ4n) is 2.38. The molecular weight excluding hydrogens is 250 g/mol. The Morgan fingerprint density at radius 2 is 2.22 bits per heavy atom. The van der Waals surface area contributed by atoms with E-state index in [1.807, 2.05) is 12.1 Å². The highest BCUT2D eigenvalue weighted by Crippen LogP contribution is 2.38. The van der Waals surface area contributed by atoms with Crippen LogP contribution in [0.5, 0.6) is 5.75 Å². The van der Waals surface area contributed by atoms with Crippen molar-refractivity contribution in [3.8, 4) is 5.75 Å². The van der Waals surface area contributed by atoms with Crippen molar-refractivity contribution >= 4 is 11.6 Å². The molecule has 3 rings (SSSR count). The van der Waals surface area contributed by atoms with E-state index in [0.29, 0.717) is 6.04 Å². The Labute approximate surface area is 112 Å². The molecule has 98 valence electrons. The maximum Gasteiger partial charge on any atom is 0.120 e. The molecule has 0 bridgehead atoms. The summed E-state index contributed by atoms with van der Waals surface area (Å²) in [5.41, 5.74) is 1.22. The molecule has 18 heavy (non-hydrogen) atoms. The van der Waals surface area contributed by atoms with Crippen LogP contribution < -0.4 is 10.1 Å². The highest BCUT2D eigenvalue weighted by Gasteiger charge is 2.42. The van der Waals surface area contributed by atoms with Crippen molar-refractivity contribution in [1.82, 2.24) is 5.32 Å². The van der Waals surface area contributed by atoms with Crippen LogP contribution in [0, 0.1) is 0 Å². The molecule has 0 aromatic heterocycles. The lowest BCUT2D eigenvalue weighted by atomic mass is 9.78. The van der Waals surface area contributed by atoms with Gasteiger partial charge in [0.15, 0.2) is 0 Å². The summed E-state index contributed by atoms with van der Waals surface area (Å²) in [5.74, 6) is 0.800. The third-order valence-corrected chi connectivity index (χ3v) is 4.12. The molecule has 1 aromatic rings. The van der Waals surface area contributed by atoms with E-state index in [4.69, 9.17) is 21.1 Å². The lowest BCUT2D eigenvalue weighted by Crippen LogP contribution is -2.54. The molecule has 1 saturated heterocycles. The number of halogens is 1. The van der Waals surface area contributed by atoms with Crippen molar-refractivity contribution in [3.63, 3.8) is 0 Å². The Kier molecular flexibility index (Phi) is 3.22. The van der Waals surface area contributed by atoms with Crippen LogP contribution in [-0.2, 0) is 10.2 Å². The normalized spacial score (nSPS) is 21.4. The molecule has 1 heterocycles. The number of hydrogen-bond acceptors (Lipinski definition) is 3. The van der Waals surface area contributed by atoms with Gasteiger partial charge in [-0.25, -0.2) is 0 Å². The van der Waals surface area contributed by atoms with Gasteiger partial charge in [0.05, 0.1) is 25.7 Å². The summed E-state index contributed by atoms with van der Waals surface area (Å²) in [6.45, 7) is 2.45. The second-order valence-electron chi connectivity index (χ2n) is 5.27. The number of methoxy groups -OCH3 is 1. The zero-order chi connectivity index (χ0) is 12.6. The second-order valence-corrected chi connectivity index (χ2v) is 5.68. The van der Waals surface area contributed by atoms with Crippen LogP contribution in [0.15, 0.2) is 18.2 Å². The first-order chi connectivity index (χ1) is 8.73. The molecule has 0 radical (unpaired) electrons. The van der Waals surface area contributed by atoms with Gasteiger partial charge in [0.1, 0.15) is 5.75 Å². The zero-order valence-electron chi connectivity index (χ0n) is 10.5. The molecule has 4 heteroatoms. The van der Waals surface area contributed by atoms with Crippen LogP contribution in [0.1, 0.15) is 18.4 Å². The lowest BCUT2D eigenvalue weighted by molar-refractivity contribution is -0.0591. The predicted molar refractivity (Wildman–Crippen MR) is 71.5 cm³/mol. The quantitative estimate of drug-likeness (QED) is 0.889. The van der Waals surface area contributed by atoms with E-state index in [-0.39, 0.29) is 5.41 Å². The van der Waals surface area contributed by atoms with Gasteiger partial charge >= 0.3 is 0 Å². The van der Waals surface area contributed by atoms with Crippen LogP contribution in [0.2, 0.25) is 5.02 Å². The Balaban J connectivity index is 1.81. The lowest BCUT2D eigenvalue weighted by Gasteiger charge is -2.42. The molecule has 1 aromatic carbocycles. The third-order valence-electron chi connectivity index (χ3n) is 3.81.